The van der Waals surface area contributed by atoms with Crippen molar-refractivity contribution < 1.29 is 27.9 Å². The maximum Gasteiger partial charge on any atom is 0.294 e. The molecule has 0 radical (unpaired) electrons. The number of methoxy groups -OCH3 is 1. The summed E-state index contributed by atoms with van der Waals surface area (Å²) in [7, 11) is -1.68. The highest BCUT2D eigenvalue weighted by Crippen LogP contribution is 2.36. The van der Waals surface area contributed by atoms with E-state index in [1.807, 2.05) is 0 Å². The Morgan fingerprint density at radius 3 is 2.52 bits per heavy atom. The minimum absolute atomic E-state index is 0.00612. The molecule has 0 spiro atoms. The lowest BCUT2D eigenvalue weighted by atomic mass is 10.1. The average molecular weight is 607 g/mol. The van der Waals surface area contributed by atoms with E-state index in [4.69, 9.17) is 27.9 Å². The summed E-state index contributed by atoms with van der Waals surface area (Å²) in [4.78, 5) is 32.4. The van der Waals surface area contributed by atoms with Crippen molar-refractivity contribution in [2.75, 3.05) is 25.2 Å². The summed E-state index contributed by atoms with van der Waals surface area (Å²) in [5.74, 6) is 5.70. The molecule has 210 valence electrons. The Kier molecular flexibility index (Phi) is 9.19. The number of hydrogen-bond donors (Lipinski definition) is 1. The van der Waals surface area contributed by atoms with Gasteiger partial charge in [0.25, 0.3) is 11.0 Å². The van der Waals surface area contributed by atoms with Crippen LogP contribution in [0, 0.1) is 22.0 Å². The highest BCUT2D eigenvalue weighted by Gasteiger charge is 2.30. The predicted octanol–water partition coefficient (Wildman–Crippen LogP) is 4.11. The summed E-state index contributed by atoms with van der Waals surface area (Å²) >= 11 is 12.6. The third kappa shape index (κ3) is 7.04. The summed E-state index contributed by atoms with van der Waals surface area (Å²) in [5.41, 5.74) is 1.75. The maximum atomic E-state index is 13.3. The Labute approximate surface area is 240 Å². The van der Waals surface area contributed by atoms with Gasteiger partial charge in [0, 0.05) is 28.6 Å². The van der Waals surface area contributed by atoms with Crippen LogP contribution in [0.5, 0.6) is 5.88 Å². The van der Waals surface area contributed by atoms with Crippen molar-refractivity contribution in [3.63, 3.8) is 0 Å². The van der Waals surface area contributed by atoms with Crippen molar-refractivity contribution in [3.8, 4) is 34.8 Å². The molecule has 1 fully saturated rings. The minimum Gasteiger partial charge on any atom is -0.480 e. The lowest BCUT2D eigenvalue weighted by Crippen LogP contribution is -2.41. The van der Waals surface area contributed by atoms with Gasteiger partial charge in [-0.3, -0.25) is 9.36 Å². The zero-order valence-corrected chi connectivity index (χ0v) is 23.6. The van der Waals surface area contributed by atoms with E-state index in [0.717, 1.165) is 0 Å². The molecule has 0 bridgehead atoms. The van der Waals surface area contributed by atoms with Gasteiger partial charge in [-0.15, -0.1) is 10.1 Å². The number of aromatic nitrogens is 2. The van der Waals surface area contributed by atoms with E-state index in [2.05, 4.69) is 27.0 Å². The highest BCUT2D eigenvalue weighted by molar-refractivity contribution is 7.91. The molecule has 2 aromatic carbocycles. The third-order valence-electron chi connectivity index (χ3n) is 6.09. The Morgan fingerprint density at radius 2 is 1.90 bits per heavy atom. The fourth-order valence-electron chi connectivity index (χ4n) is 4.15. The molecule has 14 heteroatoms. The molecule has 1 aliphatic rings. The van der Waals surface area contributed by atoms with Gasteiger partial charge in [-0.1, -0.05) is 35.0 Å². The second-order valence-electron chi connectivity index (χ2n) is 8.81. The van der Waals surface area contributed by atoms with E-state index in [9.17, 15) is 23.3 Å². The standard InChI is InChI=1S/C26H24Cl2N4O7S/c1-38-26-23(25(33)29-19-11-14-40(36,37)15-12-19)30-24(21-10-7-18(27)16-22(21)28)31(26)20-8-5-17(6-9-20)4-2-3-13-39-32(34)35/h5-10,16,19H,3,11-15H2,1H3,(H,29,33). The molecule has 11 nitrogen and oxygen atoms in total. The molecule has 0 saturated carbocycles. The molecule has 40 heavy (non-hydrogen) atoms. The number of hydrogen-bond acceptors (Lipinski definition) is 8. The Hall–Kier alpha value is -3.79. The first kappa shape index (κ1) is 29.2. The predicted molar refractivity (Wildman–Crippen MR) is 149 cm³/mol. The van der Waals surface area contributed by atoms with E-state index >= 15 is 0 Å². The number of sulfone groups is 1. The topological polar surface area (TPSA) is 143 Å². The van der Waals surface area contributed by atoms with Crippen LogP contribution in [0.15, 0.2) is 42.5 Å². The van der Waals surface area contributed by atoms with Crippen LogP contribution >= 0.6 is 23.2 Å². The maximum absolute atomic E-state index is 13.3. The Balaban J connectivity index is 1.69. The van der Waals surface area contributed by atoms with Crippen LogP contribution in [0.4, 0.5) is 0 Å². The number of carbonyl (C=O) groups is 1. The zero-order valence-electron chi connectivity index (χ0n) is 21.2. The number of ether oxygens (including phenoxy) is 1. The lowest BCUT2D eigenvalue weighted by Gasteiger charge is -2.22. The fourth-order valence-corrected chi connectivity index (χ4v) is 6.13. The van der Waals surface area contributed by atoms with E-state index in [0.29, 0.717) is 45.5 Å². The van der Waals surface area contributed by atoms with E-state index in [-0.39, 0.29) is 42.1 Å². The van der Waals surface area contributed by atoms with Gasteiger partial charge in [0.1, 0.15) is 22.3 Å². The monoisotopic (exact) mass is 606 g/mol. The number of carbonyl (C=O) groups excluding carboxylic acids is 1. The number of amides is 1. The van der Waals surface area contributed by atoms with Gasteiger partial charge >= 0.3 is 0 Å². The van der Waals surface area contributed by atoms with Crippen LogP contribution in [0.3, 0.4) is 0 Å². The molecule has 0 aliphatic carbocycles. The quantitative estimate of drug-likeness (QED) is 0.175. The molecule has 1 saturated heterocycles. The molecule has 2 heterocycles. The summed E-state index contributed by atoms with van der Waals surface area (Å²) in [6, 6.07) is 11.6. The van der Waals surface area contributed by atoms with Crippen LogP contribution in [-0.4, -0.2) is 60.2 Å². The van der Waals surface area contributed by atoms with Crippen LogP contribution in [0.1, 0.15) is 35.3 Å². The molecule has 4 rings (SSSR count). The molecule has 1 N–H and O–H groups in total. The number of nitrogens with zero attached hydrogens (tertiary/aromatic N) is 3. The normalized spacial score (nSPS) is 14.6. The minimum atomic E-state index is -3.09. The average Bonchev–Trinajstić information content (AvgIpc) is 3.29. The SMILES string of the molecule is COc1c(C(=O)NC2CCS(=O)(=O)CC2)nc(-c2ccc(Cl)cc2Cl)n1-c1ccc(C#CCCO[N+](=O)[O-])cc1. The number of halogens is 2. The Morgan fingerprint density at radius 1 is 1.20 bits per heavy atom. The molecule has 1 amide bonds. The summed E-state index contributed by atoms with van der Waals surface area (Å²) in [5, 5.41) is 13.0. The number of benzene rings is 2. The van der Waals surface area contributed by atoms with E-state index < -0.39 is 20.8 Å². The zero-order chi connectivity index (χ0) is 28.9. The number of nitrogens with one attached hydrogen (secondary N) is 1. The molecular weight excluding hydrogens is 583 g/mol. The van der Waals surface area contributed by atoms with Crippen molar-refractivity contribution in [2.45, 2.75) is 25.3 Å². The van der Waals surface area contributed by atoms with E-state index in [1.54, 1.807) is 47.0 Å². The van der Waals surface area contributed by atoms with Gasteiger partial charge in [0.05, 0.1) is 29.3 Å². The first-order valence-corrected chi connectivity index (χ1v) is 14.7. The van der Waals surface area contributed by atoms with Gasteiger partial charge in [-0.05, 0) is 55.3 Å². The third-order valence-corrected chi connectivity index (χ3v) is 8.35. The van der Waals surface area contributed by atoms with Gasteiger partial charge in [-0.2, -0.15) is 0 Å². The van der Waals surface area contributed by atoms with Gasteiger partial charge in [0.2, 0.25) is 5.88 Å². The molecule has 0 atom stereocenters. The van der Waals surface area contributed by atoms with Crippen LogP contribution in [-0.2, 0) is 14.7 Å². The molecule has 0 unspecified atom stereocenters. The van der Waals surface area contributed by atoms with Crippen molar-refractivity contribution in [2.24, 2.45) is 0 Å². The first-order valence-electron chi connectivity index (χ1n) is 12.1. The summed E-state index contributed by atoms with van der Waals surface area (Å²) < 4.78 is 30.9. The molecule has 1 aromatic heterocycles. The first-order chi connectivity index (χ1) is 19.1. The van der Waals surface area contributed by atoms with Crippen molar-refractivity contribution in [3.05, 3.63) is 73.9 Å². The van der Waals surface area contributed by atoms with Gasteiger partial charge in [-0.25, -0.2) is 13.4 Å². The van der Waals surface area contributed by atoms with Crippen molar-refractivity contribution >= 4 is 38.9 Å². The van der Waals surface area contributed by atoms with E-state index in [1.165, 1.54) is 7.11 Å². The second kappa shape index (κ2) is 12.6. The smallest absolute Gasteiger partial charge is 0.294 e. The van der Waals surface area contributed by atoms with Crippen LogP contribution < -0.4 is 10.1 Å². The van der Waals surface area contributed by atoms with Crippen molar-refractivity contribution in [1.82, 2.24) is 14.9 Å². The molecule has 1 aliphatic heterocycles. The lowest BCUT2D eigenvalue weighted by molar-refractivity contribution is -0.757. The number of rotatable bonds is 8. The second-order valence-corrected chi connectivity index (χ2v) is 12.0. The van der Waals surface area contributed by atoms with Gasteiger partial charge < -0.3 is 14.9 Å². The molecular formula is C26H24Cl2N4O7S. The fraction of sp³-hybridized carbons (Fsp3) is 0.308. The largest absolute Gasteiger partial charge is 0.480 e. The number of imidazole rings is 1. The summed E-state index contributed by atoms with van der Waals surface area (Å²) in [6.45, 7) is -0.128. The van der Waals surface area contributed by atoms with Crippen molar-refractivity contribution in [1.29, 1.82) is 0 Å². The van der Waals surface area contributed by atoms with Crippen LogP contribution in [0.2, 0.25) is 10.0 Å². The summed E-state index contributed by atoms with van der Waals surface area (Å²) in [6.07, 6.45) is 0.809. The molecule has 3 aromatic rings. The Bertz CT molecular complexity index is 1580. The van der Waals surface area contributed by atoms with Gasteiger partial charge in [0.15, 0.2) is 5.69 Å². The highest BCUT2D eigenvalue weighted by atomic mass is 35.5. The van der Waals surface area contributed by atoms with Crippen LogP contribution in [0.25, 0.3) is 17.1 Å².